The van der Waals surface area contributed by atoms with Crippen molar-refractivity contribution in [1.82, 2.24) is 9.47 Å². The molecule has 3 heterocycles. The zero-order valence-electron chi connectivity index (χ0n) is 19.0. The van der Waals surface area contributed by atoms with Gasteiger partial charge in [0.1, 0.15) is 12.4 Å². The van der Waals surface area contributed by atoms with Crippen LogP contribution in [0.15, 0.2) is 71.7 Å². The number of nitrogens with zero attached hydrogens (tertiary/aromatic N) is 2. The monoisotopic (exact) mass is 460 g/mol. The lowest BCUT2D eigenvalue weighted by atomic mass is 10.1. The number of morpholine rings is 1. The maximum absolute atomic E-state index is 12.9. The first-order valence-corrected chi connectivity index (χ1v) is 12.1. The predicted octanol–water partition coefficient (Wildman–Crippen LogP) is 5.07. The second-order valence-corrected chi connectivity index (χ2v) is 9.75. The Bertz CT molecular complexity index is 1310. The van der Waals surface area contributed by atoms with E-state index >= 15 is 0 Å². The summed E-state index contributed by atoms with van der Waals surface area (Å²) in [4.78, 5) is 16.6. The molecule has 1 saturated heterocycles. The van der Waals surface area contributed by atoms with Crippen LogP contribution in [-0.2, 0) is 24.9 Å². The lowest BCUT2D eigenvalue weighted by molar-refractivity contribution is -0.00390. The summed E-state index contributed by atoms with van der Waals surface area (Å²) in [6.45, 7) is 5.99. The Morgan fingerprint density at radius 2 is 1.97 bits per heavy atom. The van der Waals surface area contributed by atoms with Gasteiger partial charge in [-0.25, -0.2) is 0 Å². The van der Waals surface area contributed by atoms with Crippen LogP contribution in [-0.4, -0.2) is 35.3 Å². The minimum atomic E-state index is 0.0442. The van der Waals surface area contributed by atoms with Gasteiger partial charge in [0.2, 0.25) is 0 Å². The Balaban J connectivity index is 1.47. The van der Waals surface area contributed by atoms with E-state index in [9.17, 15) is 4.79 Å². The van der Waals surface area contributed by atoms with Crippen molar-refractivity contribution in [1.29, 1.82) is 0 Å². The molecule has 2 aromatic heterocycles. The molecule has 1 fully saturated rings. The molecule has 4 aromatic rings. The van der Waals surface area contributed by atoms with Crippen molar-refractivity contribution < 1.29 is 9.47 Å². The van der Waals surface area contributed by atoms with Gasteiger partial charge >= 0.3 is 0 Å². The molecule has 1 unspecified atom stereocenters. The highest BCUT2D eigenvalue weighted by Gasteiger charge is 2.21. The van der Waals surface area contributed by atoms with Crippen LogP contribution in [0.2, 0.25) is 0 Å². The summed E-state index contributed by atoms with van der Waals surface area (Å²) in [7, 11) is 1.82. The third kappa shape index (κ3) is 4.74. The van der Waals surface area contributed by atoms with Crippen LogP contribution in [0.1, 0.15) is 17.4 Å². The smallest absolute Gasteiger partial charge is 0.259 e. The number of fused-ring (bicyclic) bond motifs is 1. The molecule has 0 aliphatic carbocycles. The Labute approximate surface area is 197 Å². The van der Waals surface area contributed by atoms with Gasteiger partial charge in [0, 0.05) is 47.5 Å². The number of aryl methyl sites for hydroxylation is 1. The average molecular weight is 461 g/mol. The van der Waals surface area contributed by atoms with E-state index < -0.39 is 0 Å². The van der Waals surface area contributed by atoms with Crippen LogP contribution in [0.5, 0.6) is 5.75 Å². The third-order valence-electron chi connectivity index (χ3n) is 6.16. The van der Waals surface area contributed by atoms with Gasteiger partial charge in [-0.1, -0.05) is 42.5 Å². The molecule has 6 heteroatoms. The maximum Gasteiger partial charge on any atom is 0.259 e. The van der Waals surface area contributed by atoms with E-state index in [-0.39, 0.29) is 5.56 Å². The molecular formula is C27H28N2O3S. The first kappa shape index (κ1) is 21.9. The molecule has 33 heavy (non-hydrogen) atoms. The molecule has 0 N–H and O–H groups in total. The summed E-state index contributed by atoms with van der Waals surface area (Å²) >= 11 is 1.72. The van der Waals surface area contributed by atoms with E-state index in [1.165, 1.54) is 4.88 Å². The van der Waals surface area contributed by atoms with Crippen LogP contribution < -0.4 is 10.3 Å². The summed E-state index contributed by atoms with van der Waals surface area (Å²) in [6, 6.07) is 20.7. The number of rotatable bonds is 6. The van der Waals surface area contributed by atoms with Gasteiger partial charge in [-0.15, -0.1) is 11.3 Å². The molecule has 5 nitrogen and oxygen atoms in total. The Hall–Kier alpha value is -2.93. The largest absolute Gasteiger partial charge is 0.489 e. The minimum Gasteiger partial charge on any atom is -0.489 e. The number of thiophene rings is 1. The van der Waals surface area contributed by atoms with Gasteiger partial charge in [-0.05, 0) is 36.2 Å². The van der Waals surface area contributed by atoms with E-state index in [2.05, 4.69) is 42.2 Å². The van der Waals surface area contributed by atoms with Crippen molar-refractivity contribution in [3.8, 4) is 16.9 Å². The molecule has 2 aromatic carbocycles. The van der Waals surface area contributed by atoms with Crippen LogP contribution in [0.4, 0.5) is 0 Å². The molecule has 1 atom stereocenters. The van der Waals surface area contributed by atoms with Crippen molar-refractivity contribution in [2.75, 3.05) is 19.8 Å². The highest BCUT2D eigenvalue weighted by molar-refractivity contribution is 7.19. The van der Waals surface area contributed by atoms with Crippen molar-refractivity contribution >= 4 is 21.4 Å². The minimum absolute atomic E-state index is 0.0442. The molecule has 1 aliphatic heterocycles. The average Bonchev–Trinajstić information content (AvgIpc) is 3.26. The summed E-state index contributed by atoms with van der Waals surface area (Å²) in [5.41, 5.74) is 3.29. The highest BCUT2D eigenvalue weighted by Crippen LogP contribution is 2.35. The highest BCUT2D eigenvalue weighted by atomic mass is 32.1. The predicted molar refractivity (Wildman–Crippen MR) is 134 cm³/mol. The van der Waals surface area contributed by atoms with Crippen LogP contribution >= 0.6 is 11.3 Å². The third-order valence-corrected chi connectivity index (χ3v) is 7.31. The fourth-order valence-corrected chi connectivity index (χ4v) is 5.48. The standard InChI is InChI=1S/C27H28N2O3S/c1-19-17-31-12-11-29(19)15-23-14-24-26(33-23)25(16-28(2)27(24)30)21-9-6-10-22(13-21)32-18-20-7-4-3-5-8-20/h3-10,13-14,16,19H,11-12,15,17-18H2,1-2H3. The molecular weight excluding hydrogens is 432 g/mol. The maximum atomic E-state index is 12.9. The zero-order chi connectivity index (χ0) is 22.8. The number of ether oxygens (including phenoxy) is 2. The molecule has 0 radical (unpaired) electrons. The van der Waals surface area contributed by atoms with E-state index in [1.54, 1.807) is 15.9 Å². The first-order valence-electron chi connectivity index (χ1n) is 11.3. The molecule has 1 aliphatic rings. The Morgan fingerprint density at radius 1 is 1.12 bits per heavy atom. The second-order valence-electron chi connectivity index (χ2n) is 8.61. The van der Waals surface area contributed by atoms with E-state index in [1.807, 2.05) is 43.6 Å². The second kappa shape index (κ2) is 9.51. The van der Waals surface area contributed by atoms with Crippen LogP contribution in [0.25, 0.3) is 21.2 Å². The van der Waals surface area contributed by atoms with E-state index in [4.69, 9.17) is 9.47 Å². The van der Waals surface area contributed by atoms with Crippen molar-refractivity contribution in [2.45, 2.75) is 26.1 Å². The summed E-state index contributed by atoms with van der Waals surface area (Å²) in [5, 5.41) is 0.784. The van der Waals surface area contributed by atoms with Crippen molar-refractivity contribution in [3.05, 3.63) is 87.7 Å². The lowest BCUT2D eigenvalue weighted by Crippen LogP contribution is -2.42. The fourth-order valence-electron chi connectivity index (χ4n) is 4.28. The number of hydrogen-bond acceptors (Lipinski definition) is 5. The van der Waals surface area contributed by atoms with Gasteiger partial charge in [0.05, 0.1) is 18.6 Å². The number of pyridine rings is 1. The number of benzene rings is 2. The molecule has 0 saturated carbocycles. The molecule has 170 valence electrons. The first-order chi connectivity index (χ1) is 16.1. The fraction of sp³-hybridized carbons (Fsp3) is 0.296. The quantitative estimate of drug-likeness (QED) is 0.403. The van der Waals surface area contributed by atoms with Crippen molar-refractivity contribution in [2.24, 2.45) is 7.05 Å². The van der Waals surface area contributed by atoms with Gasteiger partial charge in [0.25, 0.3) is 5.56 Å². The van der Waals surface area contributed by atoms with Gasteiger partial charge < -0.3 is 14.0 Å². The number of aromatic nitrogens is 1. The number of hydrogen-bond donors (Lipinski definition) is 0. The van der Waals surface area contributed by atoms with Gasteiger partial charge in [-0.2, -0.15) is 0 Å². The lowest BCUT2D eigenvalue weighted by Gasteiger charge is -2.32. The molecule has 5 rings (SSSR count). The van der Waals surface area contributed by atoms with Crippen molar-refractivity contribution in [3.63, 3.8) is 0 Å². The van der Waals surface area contributed by atoms with E-state index in [0.29, 0.717) is 12.6 Å². The molecule has 0 bridgehead atoms. The van der Waals surface area contributed by atoms with E-state index in [0.717, 1.165) is 58.8 Å². The molecule has 0 amide bonds. The Kier molecular flexibility index (Phi) is 6.31. The molecule has 0 spiro atoms. The SMILES string of the molecule is CC1COCCN1Cc1cc2c(=O)n(C)cc(-c3cccc(OCc4ccccc4)c3)c2s1. The van der Waals surface area contributed by atoms with Crippen LogP contribution in [0, 0.1) is 0 Å². The summed E-state index contributed by atoms with van der Waals surface area (Å²) in [6.07, 6.45) is 1.94. The van der Waals surface area contributed by atoms with Crippen LogP contribution in [0.3, 0.4) is 0 Å². The normalized spacial score (nSPS) is 16.8. The Morgan fingerprint density at radius 3 is 2.79 bits per heavy atom. The van der Waals surface area contributed by atoms with Gasteiger partial charge in [0.15, 0.2) is 0 Å². The topological polar surface area (TPSA) is 43.7 Å². The van der Waals surface area contributed by atoms with Gasteiger partial charge in [-0.3, -0.25) is 9.69 Å². The summed E-state index contributed by atoms with van der Waals surface area (Å²) < 4.78 is 14.4. The summed E-state index contributed by atoms with van der Waals surface area (Å²) in [5.74, 6) is 0.817. The zero-order valence-corrected chi connectivity index (χ0v) is 19.8.